The third-order valence-corrected chi connectivity index (χ3v) is 2.12. The van der Waals surface area contributed by atoms with E-state index in [4.69, 9.17) is 15.5 Å². The summed E-state index contributed by atoms with van der Waals surface area (Å²) in [6, 6.07) is 0. The monoisotopic (exact) mass is 151 g/mol. The molecule has 1 rings (SSSR count). The summed E-state index contributed by atoms with van der Waals surface area (Å²) in [4.78, 5) is 0. The molecule has 0 radical (unpaired) electrons. The van der Waals surface area contributed by atoms with E-state index in [0.717, 1.165) is 11.0 Å². The third kappa shape index (κ3) is 0.878. The molecule has 1 aliphatic rings. The van der Waals surface area contributed by atoms with Gasteiger partial charge in [-0.05, 0) is 0 Å². The molecule has 8 heavy (non-hydrogen) atoms. The Labute approximate surface area is 58.0 Å². The fraction of sp³-hybridized carbons (Fsp3) is 0.429. The van der Waals surface area contributed by atoms with Crippen LogP contribution in [0.5, 0.6) is 0 Å². The first kappa shape index (κ1) is 6.10. The van der Waals surface area contributed by atoms with Gasteiger partial charge in [0.25, 0.3) is 0 Å². The molecule has 1 heteroatoms. The standard InChI is InChI=1S/C7H9.Ni/c1-6-4-3-5-7(6)2;/h4H,3H2,1-2H3;. The van der Waals surface area contributed by atoms with E-state index < -0.39 is 0 Å². The van der Waals surface area contributed by atoms with E-state index in [2.05, 4.69) is 19.9 Å². The Morgan fingerprint density at radius 2 is 2.12 bits per heavy atom. The summed E-state index contributed by atoms with van der Waals surface area (Å²) >= 11 is 4.75. The van der Waals surface area contributed by atoms with Gasteiger partial charge in [-0.25, -0.2) is 0 Å². The fourth-order valence-corrected chi connectivity index (χ4v) is 1.04. The summed E-state index contributed by atoms with van der Waals surface area (Å²) in [6.45, 7) is 4.21. The number of allylic oxidation sites excluding steroid dienone is 4. The molecule has 0 atom stereocenters. The molecule has 0 saturated carbocycles. The minimum atomic E-state index is 1.01. The van der Waals surface area contributed by atoms with Crippen molar-refractivity contribution in [2.45, 2.75) is 20.3 Å². The van der Waals surface area contributed by atoms with Crippen molar-refractivity contribution in [3.63, 3.8) is 0 Å². The molecule has 0 saturated heterocycles. The Morgan fingerprint density at radius 3 is 2.25 bits per heavy atom. The summed E-state index contributed by atoms with van der Waals surface area (Å²) in [6.07, 6.45) is 3.20. The van der Waals surface area contributed by atoms with Gasteiger partial charge in [0, 0.05) is 0 Å². The normalized spacial score (nSPS) is 19.8. The second-order valence-electron chi connectivity index (χ2n) is 2.08. The zero-order chi connectivity index (χ0) is 6.15. The average molecular weight is 152 g/mol. The van der Waals surface area contributed by atoms with Crippen LogP contribution >= 0.6 is 0 Å². The van der Waals surface area contributed by atoms with Crippen LogP contribution < -0.4 is 0 Å². The molecule has 0 amide bonds. The van der Waals surface area contributed by atoms with Gasteiger partial charge in [-0.2, -0.15) is 0 Å². The molecule has 0 aromatic carbocycles. The molecule has 0 unspecified atom stereocenters. The molecule has 0 spiro atoms. The van der Waals surface area contributed by atoms with Gasteiger partial charge >= 0.3 is 57.5 Å². The van der Waals surface area contributed by atoms with Crippen LogP contribution in [0.15, 0.2) is 21.8 Å². The Hall–Kier alpha value is -0.0265. The van der Waals surface area contributed by atoms with Gasteiger partial charge in [0.05, 0.1) is 0 Å². The van der Waals surface area contributed by atoms with Gasteiger partial charge in [0.2, 0.25) is 0 Å². The molecule has 1 aliphatic carbocycles. The van der Waals surface area contributed by atoms with Crippen molar-refractivity contribution in [3.8, 4) is 0 Å². The van der Waals surface area contributed by atoms with Gasteiger partial charge < -0.3 is 0 Å². The number of rotatable bonds is 0. The van der Waals surface area contributed by atoms with E-state index >= 15 is 0 Å². The van der Waals surface area contributed by atoms with Crippen molar-refractivity contribution < 1.29 is 15.5 Å². The van der Waals surface area contributed by atoms with Gasteiger partial charge in [-0.15, -0.1) is 0 Å². The fourth-order valence-electron chi connectivity index (χ4n) is 0.744. The Kier molecular flexibility index (Phi) is 1.58. The Morgan fingerprint density at radius 1 is 1.50 bits per heavy atom. The summed E-state index contributed by atoms with van der Waals surface area (Å²) in [5, 5.41) is 0. The van der Waals surface area contributed by atoms with Crippen molar-refractivity contribution in [2.24, 2.45) is 0 Å². The molecule has 0 aromatic heterocycles. The summed E-state index contributed by atoms with van der Waals surface area (Å²) in [5.74, 6) is 0. The van der Waals surface area contributed by atoms with Crippen molar-refractivity contribution >= 4 is 0 Å². The van der Waals surface area contributed by atoms with Gasteiger partial charge in [0.1, 0.15) is 0 Å². The van der Waals surface area contributed by atoms with Crippen LogP contribution in [0.2, 0.25) is 0 Å². The van der Waals surface area contributed by atoms with E-state index in [1.165, 1.54) is 11.1 Å². The van der Waals surface area contributed by atoms with Crippen LogP contribution in [-0.4, -0.2) is 0 Å². The zero-order valence-electron chi connectivity index (χ0n) is 5.10. The van der Waals surface area contributed by atoms with E-state index in [0.29, 0.717) is 0 Å². The molecule has 0 heterocycles. The summed E-state index contributed by atoms with van der Waals surface area (Å²) < 4.78 is 1.16. The second kappa shape index (κ2) is 2.07. The number of hydrogen-bond acceptors (Lipinski definition) is 0. The maximum atomic E-state index is 4.75. The first-order valence-corrected chi connectivity index (χ1v) is 3.20. The SMILES string of the molecule is CC1=CC[C]([Ni])=C1C. The van der Waals surface area contributed by atoms with Crippen molar-refractivity contribution in [3.05, 3.63) is 21.8 Å². The summed E-state index contributed by atoms with van der Waals surface area (Å²) in [7, 11) is 0. The Balaban J connectivity index is 2.88. The second-order valence-corrected chi connectivity index (χ2v) is 2.68. The van der Waals surface area contributed by atoms with Crippen LogP contribution in [-0.2, 0) is 15.5 Å². The molecular formula is C7H9Ni. The van der Waals surface area contributed by atoms with E-state index in [9.17, 15) is 0 Å². The van der Waals surface area contributed by atoms with E-state index in [1.54, 1.807) is 0 Å². The topological polar surface area (TPSA) is 0 Å². The van der Waals surface area contributed by atoms with Crippen LogP contribution in [0.25, 0.3) is 0 Å². The zero-order valence-corrected chi connectivity index (χ0v) is 6.09. The van der Waals surface area contributed by atoms with Crippen molar-refractivity contribution in [2.75, 3.05) is 0 Å². The molecule has 0 fully saturated rings. The van der Waals surface area contributed by atoms with Crippen molar-refractivity contribution in [1.29, 1.82) is 0 Å². The predicted molar refractivity (Wildman–Crippen MR) is 31.1 cm³/mol. The van der Waals surface area contributed by atoms with Gasteiger partial charge in [-0.1, -0.05) is 0 Å². The molecule has 0 aliphatic heterocycles. The molecule has 0 aromatic rings. The Bertz CT molecular complexity index is 158. The third-order valence-electron chi connectivity index (χ3n) is 1.55. The van der Waals surface area contributed by atoms with Crippen molar-refractivity contribution in [1.82, 2.24) is 0 Å². The molecule has 0 bridgehead atoms. The number of hydrogen-bond donors (Lipinski definition) is 0. The molecule has 47 valence electrons. The first-order chi connectivity index (χ1) is 3.72. The molecule has 0 nitrogen and oxygen atoms in total. The molecular weight excluding hydrogens is 143 g/mol. The average Bonchev–Trinajstić information content (AvgIpc) is 1.98. The molecule has 0 N–H and O–H groups in total. The van der Waals surface area contributed by atoms with Gasteiger partial charge in [-0.3, -0.25) is 0 Å². The van der Waals surface area contributed by atoms with E-state index in [1.807, 2.05) is 0 Å². The minimum absolute atomic E-state index is 1.01. The van der Waals surface area contributed by atoms with Crippen LogP contribution in [0.1, 0.15) is 20.3 Å². The van der Waals surface area contributed by atoms with Crippen LogP contribution in [0, 0.1) is 0 Å². The van der Waals surface area contributed by atoms with E-state index in [-0.39, 0.29) is 0 Å². The first-order valence-electron chi connectivity index (χ1n) is 2.71. The predicted octanol–water partition coefficient (Wildman–Crippen LogP) is 2.16. The van der Waals surface area contributed by atoms with Gasteiger partial charge in [0.15, 0.2) is 0 Å². The maximum absolute atomic E-state index is 4.75. The van der Waals surface area contributed by atoms with Crippen LogP contribution in [0.4, 0.5) is 0 Å². The van der Waals surface area contributed by atoms with Crippen LogP contribution in [0.3, 0.4) is 0 Å². The summed E-state index contributed by atoms with van der Waals surface area (Å²) in [5.41, 5.74) is 2.69. The quantitative estimate of drug-likeness (QED) is 0.466.